The Morgan fingerprint density at radius 3 is 2.37 bits per heavy atom. The van der Waals surface area contributed by atoms with Crippen molar-refractivity contribution in [3.63, 3.8) is 0 Å². The molecule has 0 spiro atoms. The standard InChI is InChI=1S/C20H15Cl2FN2O2/c21-14-10-13(19(26)18(22)11-14)12-25(17-8-6-15(23)7-9-17)20(27)24-16-4-2-1-3-5-16/h1-11,26H,12H2,(H,24,27). The van der Waals surface area contributed by atoms with Crippen LogP contribution in [0.1, 0.15) is 5.56 Å². The number of halogens is 3. The van der Waals surface area contributed by atoms with Crippen molar-refractivity contribution in [3.05, 3.63) is 88.2 Å². The number of carbonyl (C=O) groups is 1. The van der Waals surface area contributed by atoms with Gasteiger partial charge in [-0.25, -0.2) is 9.18 Å². The van der Waals surface area contributed by atoms with E-state index in [1.165, 1.54) is 41.3 Å². The summed E-state index contributed by atoms with van der Waals surface area (Å²) in [7, 11) is 0. The molecule has 0 fully saturated rings. The summed E-state index contributed by atoms with van der Waals surface area (Å²) in [6.07, 6.45) is 0. The summed E-state index contributed by atoms with van der Waals surface area (Å²) in [5, 5.41) is 13.4. The van der Waals surface area contributed by atoms with Crippen LogP contribution in [0.3, 0.4) is 0 Å². The minimum atomic E-state index is -0.455. The highest BCUT2D eigenvalue weighted by Gasteiger charge is 2.19. The van der Waals surface area contributed by atoms with Crippen LogP contribution < -0.4 is 10.2 Å². The highest BCUT2D eigenvalue weighted by Crippen LogP contribution is 2.33. The number of anilines is 2. The molecule has 2 N–H and O–H groups in total. The molecule has 0 aliphatic rings. The van der Waals surface area contributed by atoms with E-state index >= 15 is 0 Å². The monoisotopic (exact) mass is 404 g/mol. The molecule has 0 bridgehead atoms. The Morgan fingerprint density at radius 1 is 1.04 bits per heavy atom. The number of nitrogens with zero attached hydrogens (tertiary/aromatic N) is 1. The number of nitrogens with one attached hydrogen (secondary N) is 1. The number of para-hydroxylation sites is 1. The summed E-state index contributed by atoms with van der Waals surface area (Å²) < 4.78 is 13.3. The first-order valence-corrected chi connectivity index (χ1v) is 8.75. The second-order valence-electron chi connectivity index (χ2n) is 5.75. The second kappa shape index (κ2) is 8.29. The summed E-state index contributed by atoms with van der Waals surface area (Å²) in [5.74, 6) is -0.587. The molecule has 4 nitrogen and oxygen atoms in total. The largest absolute Gasteiger partial charge is 0.506 e. The molecule has 27 heavy (non-hydrogen) atoms. The van der Waals surface area contributed by atoms with Crippen molar-refractivity contribution in [2.24, 2.45) is 0 Å². The van der Waals surface area contributed by atoms with Gasteiger partial charge in [0.15, 0.2) is 0 Å². The van der Waals surface area contributed by atoms with Crippen molar-refractivity contribution < 1.29 is 14.3 Å². The normalized spacial score (nSPS) is 10.5. The first kappa shape index (κ1) is 19.0. The van der Waals surface area contributed by atoms with Crippen LogP contribution in [0.25, 0.3) is 0 Å². The molecule has 0 unspecified atom stereocenters. The van der Waals surface area contributed by atoms with Gasteiger partial charge in [-0.2, -0.15) is 0 Å². The third kappa shape index (κ3) is 4.70. The zero-order valence-electron chi connectivity index (χ0n) is 14.0. The fraction of sp³-hybridized carbons (Fsp3) is 0.0500. The Hall–Kier alpha value is -2.76. The Kier molecular flexibility index (Phi) is 5.84. The number of phenols is 1. The molecule has 0 aliphatic heterocycles. The van der Waals surface area contributed by atoms with Gasteiger partial charge in [-0.1, -0.05) is 41.4 Å². The molecule has 0 radical (unpaired) electrons. The quantitative estimate of drug-likeness (QED) is 0.553. The van der Waals surface area contributed by atoms with Gasteiger partial charge in [0.05, 0.1) is 11.6 Å². The van der Waals surface area contributed by atoms with Gasteiger partial charge in [0.1, 0.15) is 11.6 Å². The van der Waals surface area contributed by atoms with E-state index in [-0.39, 0.29) is 17.3 Å². The number of amides is 2. The molecule has 3 rings (SSSR count). The van der Waals surface area contributed by atoms with Crippen molar-refractivity contribution >= 4 is 40.6 Å². The van der Waals surface area contributed by atoms with Gasteiger partial charge in [0.25, 0.3) is 0 Å². The molecule has 0 atom stereocenters. The summed E-state index contributed by atoms with van der Waals surface area (Å²) in [6.45, 7) is -0.0174. The maximum absolute atomic E-state index is 13.3. The molecule has 0 heterocycles. The van der Waals surface area contributed by atoms with Crippen molar-refractivity contribution in [3.8, 4) is 5.75 Å². The van der Waals surface area contributed by atoms with Crippen LogP contribution in [0.15, 0.2) is 66.7 Å². The Labute approximate surface area is 165 Å². The third-order valence-corrected chi connectivity index (χ3v) is 4.35. The number of urea groups is 1. The highest BCUT2D eigenvalue weighted by molar-refractivity contribution is 6.35. The highest BCUT2D eigenvalue weighted by atomic mass is 35.5. The number of hydrogen-bond donors (Lipinski definition) is 2. The van der Waals surface area contributed by atoms with Crippen LogP contribution >= 0.6 is 23.2 Å². The molecule has 0 aromatic heterocycles. The predicted molar refractivity (Wildman–Crippen MR) is 106 cm³/mol. The van der Waals surface area contributed by atoms with Crippen LogP contribution in [0.4, 0.5) is 20.6 Å². The molecule has 3 aromatic rings. The number of hydrogen-bond acceptors (Lipinski definition) is 2. The third-order valence-electron chi connectivity index (χ3n) is 3.84. The zero-order chi connectivity index (χ0) is 19.4. The lowest BCUT2D eigenvalue weighted by Gasteiger charge is -2.24. The lowest BCUT2D eigenvalue weighted by atomic mass is 10.1. The van der Waals surface area contributed by atoms with Crippen molar-refractivity contribution in [1.29, 1.82) is 0 Å². The van der Waals surface area contributed by atoms with Gasteiger partial charge in [-0.15, -0.1) is 0 Å². The van der Waals surface area contributed by atoms with Crippen molar-refractivity contribution in [1.82, 2.24) is 0 Å². The number of benzene rings is 3. The molecule has 0 saturated heterocycles. The molecule has 0 aliphatic carbocycles. The summed E-state index contributed by atoms with van der Waals surface area (Å²) in [6, 6.07) is 16.8. The van der Waals surface area contributed by atoms with Gasteiger partial charge in [0.2, 0.25) is 0 Å². The van der Waals surface area contributed by atoms with Crippen LogP contribution in [-0.2, 0) is 6.54 Å². The first-order chi connectivity index (χ1) is 12.9. The maximum atomic E-state index is 13.3. The van der Waals surface area contributed by atoms with Gasteiger partial charge >= 0.3 is 6.03 Å². The number of rotatable bonds is 4. The molecular weight excluding hydrogens is 390 g/mol. The van der Waals surface area contributed by atoms with E-state index in [1.54, 1.807) is 24.3 Å². The lowest BCUT2D eigenvalue weighted by Crippen LogP contribution is -2.34. The van der Waals surface area contributed by atoms with Gasteiger partial charge < -0.3 is 10.4 Å². The Bertz CT molecular complexity index is 950. The van der Waals surface area contributed by atoms with E-state index in [9.17, 15) is 14.3 Å². The van der Waals surface area contributed by atoms with E-state index in [0.29, 0.717) is 22.0 Å². The first-order valence-electron chi connectivity index (χ1n) is 8.00. The smallest absolute Gasteiger partial charge is 0.326 e. The Morgan fingerprint density at radius 2 is 1.70 bits per heavy atom. The average Bonchev–Trinajstić information content (AvgIpc) is 2.65. The number of carbonyl (C=O) groups excluding carboxylic acids is 1. The zero-order valence-corrected chi connectivity index (χ0v) is 15.5. The lowest BCUT2D eigenvalue weighted by molar-refractivity contribution is 0.256. The maximum Gasteiger partial charge on any atom is 0.326 e. The fourth-order valence-electron chi connectivity index (χ4n) is 2.52. The minimum Gasteiger partial charge on any atom is -0.506 e. The van der Waals surface area contributed by atoms with Crippen molar-refractivity contribution in [2.45, 2.75) is 6.54 Å². The van der Waals surface area contributed by atoms with Gasteiger partial charge in [0, 0.05) is 22.0 Å². The van der Waals surface area contributed by atoms with E-state index in [2.05, 4.69) is 5.32 Å². The second-order valence-corrected chi connectivity index (χ2v) is 6.60. The van der Waals surface area contributed by atoms with E-state index in [4.69, 9.17) is 23.2 Å². The van der Waals surface area contributed by atoms with Crippen LogP contribution in [0.5, 0.6) is 5.75 Å². The molecule has 7 heteroatoms. The van der Waals surface area contributed by atoms with E-state index in [1.807, 2.05) is 6.07 Å². The molecule has 3 aromatic carbocycles. The van der Waals surface area contributed by atoms with Gasteiger partial charge in [-0.3, -0.25) is 4.90 Å². The minimum absolute atomic E-state index is 0.0174. The fourth-order valence-corrected chi connectivity index (χ4v) is 3.06. The number of phenolic OH excluding ortho intramolecular Hbond substituents is 1. The number of aromatic hydroxyl groups is 1. The SMILES string of the molecule is O=C(Nc1ccccc1)N(Cc1cc(Cl)cc(Cl)c1O)c1ccc(F)cc1. The average molecular weight is 405 g/mol. The van der Waals surface area contributed by atoms with Crippen LogP contribution in [0.2, 0.25) is 10.0 Å². The molecular formula is C20H15Cl2FN2O2. The summed E-state index contributed by atoms with van der Waals surface area (Å²) in [5.41, 5.74) is 1.41. The predicted octanol–water partition coefficient (Wildman–Crippen LogP) is 6.08. The summed E-state index contributed by atoms with van der Waals surface area (Å²) in [4.78, 5) is 14.2. The van der Waals surface area contributed by atoms with E-state index < -0.39 is 11.8 Å². The van der Waals surface area contributed by atoms with Gasteiger partial charge in [-0.05, 0) is 48.5 Å². The van der Waals surface area contributed by atoms with E-state index in [0.717, 1.165) is 0 Å². The topological polar surface area (TPSA) is 52.6 Å². The van der Waals surface area contributed by atoms with Crippen LogP contribution in [0, 0.1) is 5.82 Å². The Balaban J connectivity index is 1.95. The molecule has 0 saturated carbocycles. The van der Waals surface area contributed by atoms with Crippen LogP contribution in [-0.4, -0.2) is 11.1 Å². The van der Waals surface area contributed by atoms with Crippen molar-refractivity contribution in [2.75, 3.05) is 10.2 Å². The molecule has 138 valence electrons. The summed E-state index contributed by atoms with van der Waals surface area (Å²) >= 11 is 12.0. The molecule has 2 amide bonds.